The molecule has 27 heavy (non-hydrogen) atoms. The first-order chi connectivity index (χ1) is 13.2. The Morgan fingerprint density at radius 3 is 2.48 bits per heavy atom. The van der Waals surface area contributed by atoms with Crippen molar-refractivity contribution in [2.24, 2.45) is 0 Å². The topological polar surface area (TPSA) is 37.8 Å². The van der Waals surface area contributed by atoms with E-state index >= 15 is 0 Å². The molecule has 1 N–H and O–H groups in total. The number of hydrogen-bond acceptors (Lipinski definition) is 4. The predicted octanol–water partition coefficient (Wildman–Crippen LogP) is 6.11. The minimum atomic E-state index is 0.700. The number of aryl methyl sites for hydroxylation is 1. The van der Waals surface area contributed by atoms with Crippen LogP contribution in [0.25, 0.3) is 10.2 Å². The van der Waals surface area contributed by atoms with Gasteiger partial charge in [0.25, 0.3) is 0 Å². The molecule has 0 fully saturated rings. The van der Waals surface area contributed by atoms with E-state index in [2.05, 4.69) is 30.4 Å². The summed E-state index contributed by atoms with van der Waals surface area (Å²) in [5.74, 6) is 1.74. The third-order valence-electron chi connectivity index (χ3n) is 4.42. The van der Waals surface area contributed by atoms with Crippen LogP contribution in [0.5, 0.6) is 0 Å². The van der Waals surface area contributed by atoms with E-state index in [4.69, 9.17) is 21.6 Å². The number of anilines is 1. The first-order valence-electron chi connectivity index (χ1n) is 9.03. The van der Waals surface area contributed by atoms with Gasteiger partial charge in [-0.3, -0.25) is 0 Å². The second-order valence-electron chi connectivity index (χ2n) is 6.42. The molecule has 0 saturated carbocycles. The Bertz CT molecular complexity index is 1040. The van der Waals surface area contributed by atoms with Crippen molar-refractivity contribution in [1.29, 1.82) is 0 Å². The molecule has 0 amide bonds. The molecule has 0 aliphatic carbocycles. The molecule has 2 aromatic carbocycles. The molecule has 4 rings (SSSR count). The first-order valence-corrected chi connectivity index (χ1v) is 10.2. The van der Waals surface area contributed by atoms with Crippen molar-refractivity contribution in [3.63, 3.8) is 0 Å². The highest BCUT2D eigenvalue weighted by Crippen LogP contribution is 2.30. The number of nitrogens with one attached hydrogen (secondary N) is 1. The molecule has 0 radical (unpaired) electrons. The zero-order chi connectivity index (χ0) is 18.6. The average molecular weight is 394 g/mol. The van der Waals surface area contributed by atoms with Crippen LogP contribution in [0.4, 0.5) is 5.82 Å². The summed E-state index contributed by atoms with van der Waals surface area (Å²) in [4.78, 5) is 12.0. The zero-order valence-corrected chi connectivity index (χ0v) is 16.6. The largest absolute Gasteiger partial charge is 0.365 e. The summed E-state index contributed by atoms with van der Waals surface area (Å²) < 4.78 is 0. The zero-order valence-electron chi connectivity index (χ0n) is 15.1. The van der Waals surface area contributed by atoms with Gasteiger partial charge >= 0.3 is 0 Å². The number of rotatable bonds is 6. The number of nitrogens with zero attached hydrogens (tertiary/aromatic N) is 2. The van der Waals surface area contributed by atoms with Crippen molar-refractivity contribution < 1.29 is 0 Å². The molecule has 5 heteroatoms. The maximum absolute atomic E-state index is 5.98. The van der Waals surface area contributed by atoms with E-state index in [1.807, 2.05) is 42.5 Å². The van der Waals surface area contributed by atoms with Gasteiger partial charge in [-0.15, -0.1) is 11.3 Å². The van der Waals surface area contributed by atoms with Gasteiger partial charge in [0, 0.05) is 22.9 Å². The van der Waals surface area contributed by atoms with Crippen LogP contribution in [0.1, 0.15) is 28.8 Å². The van der Waals surface area contributed by atoms with E-state index in [0.29, 0.717) is 6.54 Å². The molecule has 136 valence electrons. The van der Waals surface area contributed by atoms with Crippen molar-refractivity contribution in [3.8, 4) is 0 Å². The van der Waals surface area contributed by atoms with Crippen LogP contribution in [-0.2, 0) is 19.4 Å². The lowest BCUT2D eigenvalue weighted by Gasteiger charge is -2.09. The number of thiophene rings is 1. The summed E-state index contributed by atoms with van der Waals surface area (Å²) >= 11 is 7.74. The summed E-state index contributed by atoms with van der Waals surface area (Å²) in [7, 11) is 0. The lowest BCUT2D eigenvalue weighted by atomic mass is 10.1. The number of fused-ring (bicyclic) bond motifs is 1. The minimum Gasteiger partial charge on any atom is -0.365 e. The summed E-state index contributed by atoms with van der Waals surface area (Å²) in [5.41, 5.74) is 2.38. The fourth-order valence-corrected chi connectivity index (χ4v) is 4.08. The van der Waals surface area contributed by atoms with Crippen molar-refractivity contribution in [2.75, 3.05) is 5.32 Å². The SMILES string of the molecule is CCc1cc2c(NCc3ccc(Cl)cc3)nc(Cc3ccccc3)nc2s1. The van der Waals surface area contributed by atoms with E-state index in [9.17, 15) is 0 Å². The fourth-order valence-electron chi connectivity index (χ4n) is 2.97. The van der Waals surface area contributed by atoms with Gasteiger partial charge in [-0.05, 0) is 35.7 Å². The Morgan fingerprint density at radius 1 is 0.963 bits per heavy atom. The maximum Gasteiger partial charge on any atom is 0.138 e. The summed E-state index contributed by atoms with van der Waals surface area (Å²) in [5, 5.41) is 5.35. The van der Waals surface area contributed by atoms with Crippen LogP contribution in [0, 0.1) is 0 Å². The van der Waals surface area contributed by atoms with Gasteiger partial charge in [-0.2, -0.15) is 0 Å². The molecular formula is C22H20ClN3S. The number of benzene rings is 2. The van der Waals surface area contributed by atoms with Crippen LogP contribution in [0.15, 0.2) is 60.7 Å². The molecule has 2 aromatic heterocycles. The van der Waals surface area contributed by atoms with Crippen LogP contribution >= 0.6 is 22.9 Å². The van der Waals surface area contributed by atoms with Gasteiger partial charge in [-0.1, -0.05) is 61.0 Å². The molecule has 0 bridgehead atoms. The van der Waals surface area contributed by atoms with Gasteiger partial charge in [0.05, 0.1) is 5.39 Å². The van der Waals surface area contributed by atoms with Gasteiger partial charge in [0.15, 0.2) is 0 Å². The molecular weight excluding hydrogens is 374 g/mol. The second kappa shape index (κ2) is 8.07. The number of hydrogen-bond donors (Lipinski definition) is 1. The number of halogens is 1. The molecule has 0 aliphatic heterocycles. The Balaban J connectivity index is 1.65. The summed E-state index contributed by atoms with van der Waals surface area (Å²) in [6.07, 6.45) is 1.73. The average Bonchev–Trinajstić information content (AvgIpc) is 3.11. The molecule has 3 nitrogen and oxygen atoms in total. The highest BCUT2D eigenvalue weighted by Gasteiger charge is 2.12. The molecule has 0 saturated heterocycles. The van der Waals surface area contributed by atoms with Crippen molar-refractivity contribution >= 4 is 39.0 Å². The van der Waals surface area contributed by atoms with Crippen LogP contribution < -0.4 is 5.32 Å². The summed E-state index contributed by atoms with van der Waals surface area (Å²) in [6, 6.07) is 20.4. The highest BCUT2D eigenvalue weighted by molar-refractivity contribution is 7.18. The van der Waals surface area contributed by atoms with Crippen molar-refractivity contribution in [3.05, 3.63) is 87.5 Å². The molecule has 0 aliphatic rings. The van der Waals surface area contributed by atoms with E-state index in [0.717, 1.165) is 39.7 Å². The Kier molecular flexibility index (Phi) is 5.37. The minimum absolute atomic E-state index is 0.700. The first kappa shape index (κ1) is 18.0. The lowest BCUT2D eigenvalue weighted by molar-refractivity contribution is 0.985. The third-order valence-corrected chi connectivity index (χ3v) is 5.84. The Morgan fingerprint density at radius 2 is 1.74 bits per heavy atom. The normalized spacial score (nSPS) is 11.0. The lowest BCUT2D eigenvalue weighted by Crippen LogP contribution is -2.05. The van der Waals surface area contributed by atoms with Gasteiger partial charge in [-0.25, -0.2) is 9.97 Å². The Labute approximate surface area is 168 Å². The molecule has 0 atom stereocenters. The van der Waals surface area contributed by atoms with Crippen LogP contribution in [0.2, 0.25) is 5.02 Å². The van der Waals surface area contributed by atoms with Gasteiger partial charge in [0.2, 0.25) is 0 Å². The number of aromatic nitrogens is 2. The fraction of sp³-hybridized carbons (Fsp3) is 0.182. The summed E-state index contributed by atoms with van der Waals surface area (Å²) in [6.45, 7) is 2.87. The molecule has 4 aromatic rings. The second-order valence-corrected chi connectivity index (χ2v) is 7.97. The smallest absolute Gasteiger partial charge is 0.138 e. The van der Waals surface area contributed by atoms with E-state index in [1.165, 1.54) is 16.0 Å². The quantitative estimate of drug-likeness (QED) is 0.429. The van der Waals surface area contributed by atoms with Gasteiger partial charge in [0.1, 0.15) is 16.5 Å². The van der Waals surface area contributed by atoms with Crippen LogP contribution in [0.3, 0.4) is 0 Å². The standard InChI is InChI=1S/C22H20ClN3S/c1-2-18-13-19-21(24-14-16-8-10-17(23)11-9-16)25-20(26-22(19)27-18)12-15-6-4-3-5-7-15/h3-11,13H,2,12,14H2,1H3,(H,24,25,26). The highest BCUT2D eigenvalue weighted by atomic mass is 35.5. The Hall–Kier alpha value is -2.43. The molecule has 0 unspecified atom stereocenters. The van der Waals surface area contributed by atoms with Crippen molar-refractivity contribution in [2.45, 2.75) is 26.3 Å². The van der Waals surface area contributed by atoms with E-state index < -0.39 is 0 Å². The maximum atomic E-state index is 5.98. The van der Waals surface area contributed by atoms with E-state index in [1.54, 1.807) is 11.3 Å². The molecule has 2 heterocycles. The van der Waals surface area contributed by atoms with Gasteiger partial charge < -0.3 is 5.32 Å². The van der Waals surface area contributed by atoms with Crippen LogP contribution in [-0.4, -0.2) is 9.97 Å². The molecule has 0 spiro atoms. The van der Waals surface area contributed by atoms with Crippen molar-refractivity contribution in [1.82, 2.24) is 9.97 Å². The monoisotopic (exact) mass is 393 g/mol. The van der Waals surface area contributed by atoms with E-state index in [-0.39, 0.29) is 0 Å². The predicted molar refractivity (Wildman–Crippen MR) is 115 cm³/mol. The third kappa shape index (κ3) is 4.29.